The lowest BCUT2D eigenvalue weighted by atomic mass is 9.91. The van der Waals surface area contributed by atoms with Gasteiger partial charge < -0.3 is 74.4 Å². The predicted octanol–water partition coefficient (Wildman–Crippen LogP) is -1.69. The standard InChI is InChI=1S/C28H36O15/c1-10-18(31)21(34)23(36)27(40-10)39-9-16-19(32)22(35)24(37)28(42-16)43-26-20(33)17-12(29)4-3-5-15(17)41-25(26)11-6-7-14(38-2)13(30)8-11/h3-8,10,16,18-37H,9H2,1-2H3/t10-,16+,18-,19+,20?,21+,22-,23+,24+,25?,26?,27+,28-/m0/s1. The molecule has 15 heteroatoms. The molecule has 9 N–H and O–H groups in total. The maximum atomic E-state index is 11.4. The van der Waals surface area contributed by atoms with E-state index in [0.717, 1.165) is 0 Å². The van der Waals surface area contributed by atoms with Gasteiger partial charge in [-0.1, -0.05) is 12.1 Å². The van der Waals surface area contributed by atoms with E-state index >= 15 is 0 Å². The fraction of sp³-hybridized carbons (Fsp3) is 0.571. The van der Waals surface area contributed by atoms with Gasteiger partial charge in [-0.2, -0.15) is 0 Å². The number of phenolic OH excluding ortho intramolecular Hbond substituents is 2. The van der Waals surface area contributed by atoms with Crippen LogP contribution >= 0.6 is 0 Å². The van der Waals surface area contributed by atoms with Crippen LogP contribution in [-0.2, 0) is 18.9 Å². The number of aliphatic hydroxyl groups is 7. The molecular weight excluding hydrogens is 576 g/mol. The van der Waals surface area contributed by atoms with Crippen molar-refractivity contribution in [3.63, 3.8) is 0 Å². The molecule has 238 valence electrons. The van der Waals surface area contributed by atoms with E-state index in [9.17, 15) is 46.0 Å². The summed E-state index contributed by atoms with van der Waals surface area (Å²) in [4.78, 5) is 0. The molecule has 0 aromatic heterocycles. The van der Waals surface area contributed by atoms with Crippen LogP contribution in [-0.4, -0.2) is 127 Å². The van der Waals surface area contributed by atoms with Crippen LogP contribution in [0.5, 0.6) is 23.0 Å². The van der Waals surface area contributed by atoms with Crippen molar-refractivity contribution in [2.45, 2.75) is 86.6 Å². The monoisotopic (exact) mass is 612 g/mol. The molecule has 3 aliphatic rings. The summed E-state index contributed by atoms with van der Waals surface area (Å²) < 4.78 is 33.8. The Hall–Kier alpha value is -2.80. The first kappa shape index (κ1) is 31.6. The normalized spacial score (nSPS) is 39.5. The molecule has 0 bridgehead atoms. The second kappa shape index (κ2) is 12.7. The second-order valence-electron chi connectivity index (χ2n) is 10.7. The van der Waals surface area contributed by atoms with E-state index in [0.29, 0.717) is 5.56 Å². The molecule has 2 aromatic rings. The molecule has 3 unspecified atom stereocenters. The summed E-state index contributed by atoms with van der Waals surface area (Å²) in [5.74, 6) is -0.228. The third-order valence-corrected chi connectivity index (χ3v) is 7.93. The first-order chi connectivity index (χ1) is 20.4. The van der Waals surface area contributed by atoms with Gasteiger partial charge in [0.25, 0.3) is 0 Å². The van der Waals surface area contributed by atoms with Crippen molar-refractivity contribution in [1.29, 1.82) is 0 Å². The molecule has 2 fully saturated rings. The highest BCUT2D eigenvalue weighted by Crippen LogP contribution is 2.47. The molecule has 0 radical (unpaired) electrons. The molecule has 0 aliphatic carbocycles. The molecule has 2 aromatic carbocycles. The van der Waals surface area contributed by atoms with Gasteiger partial charge in [0, 0.05) is 0 Å². The number of hydrogen-bond acceptors (Lipinski definition) is 15. The van der Waals surface area contributed by atoms with Crippen molar-refractivity contribution in [2.24, 2.45) is 0 Å². The van der Waals surface area contributed by atoms with Crippen molar-refractivity contribution >= 4 is 0 Å². The van der Waals surface area contributed by atoms with Crippen LogP contribution in [0.25, 0.3) is 0 Å². The maximum absolute atomic E-state index is 11.4. The number of benzene rings is 2. The van der Waals surface area contributed by atoms with Crippen LogP contribution in [0.2, 0.25) is 0 Å². The number of aliphatic hydroxyl groups excluding tert-OH is 7. The Morgan fingerprint density at radius 3 is 2.16 bits per heavy atom. The molecule has 15 nitrogen and oxygen atoms in total. The third-order valence-electron chi connectivity index (χ3n) is 7.93. The van der Waals surface area contributed by atoms with Gasteiger partial charge in [-0.25, -0.2) is 0 Å². The highest BCUT2D eigenvalue weighted by molar-refractivity contribution is 5.49. The SMILES string of the molecule is COc1ccc(C2Oc3cccc(O)c3C(O)C2O[C@@H]2O[C@H](CO[C@@H]3O[C@@H](C)[C@H](O)[C@@H](O)[C@H]3O)[C@@H](O)[C@H](O)[C@H]2O)cc1O. The molecule has 43 heavy (non-hydrogen) atoms. The number of ether oxygens (including phenoxy) is 6. The molecule has 2 saturated heterocycles. The first-order valence-corrected chi connectivity index (χ1v) is 13.6. The highest BCUT2D eigenvalue weighted by Gasteiger charge is 2.50. The van der Waals surface area contributed by atoms with E-state index in [1.165, 1.54) is 44.4 Å². The third kappa shape index (κ3) is 5.99. The Balaban J connectivity index is 1.39. The number of rotatable bonds is 7. The zero-order valence-electron chi connectivity index (χ0n) is 23.2. The van der Waals surface area contributed by atoms with E-state index < -0.39 is 86.3 Å². The van der Waals surface area contributed by atoms with E-state index in [2.05, 4.69) is 0 Å². The molecule has 13 atom stereocenters. The van der Waals surface area contributed by atoms with Crippen molar-refractivity contribution in [1.82, 2.24) is 0 Å². The van der Waals surface area contributed by atoms with Crippen LogP contribution in [0.15, 0.2) is 36.4 Å². The Kier molecular flexibility index (Phi) is 9.31. The van der Waals surface area contributed by atoms with Gasteiger partial charge >= 0.3 is 0 Å². The van der Waals surface area contributed by atoms with Crippen LogP contribution < -0.4 is 9.47 Å². The van der Waals surface area contributed by atoms with E-state index in [1.807, 2.05) is 0 Å². The Labute approximate surface area is 245 Å². The number of methoxy groups -OCH3 is 1. The Bertz CT molecular complexity index is 1260. The number of fused-ring (bicyclic) bond motifs is 1. The molecule has 3 aliphatic heterocycles. The van der Waals surface area contributed by atoms with Crippen molar-refractivity contribution < 1.29 is 74.4 Å². The van der Waals surface area contributed by atoms with Gasteiger partial charge in [0.15, 0.2) is 30.2 Å². The lowest BCUT2D eigenvalue weighted by Gasteiger charge is -2.45. The smallest absolute Gasteiger partial charge is 0.187 e. The topological polar surface area (TPSA) is 237 Å². The largest absolute Gasteiger partial charge is 0.507 e. The minimum atomic E-state index is -1.83. The van der Waals surface area contributed by atoms with Crippen LogP contribution in [0.4, 0.5) is 0 Å². The summed E-state index contributed by atoms with van der Waals surface area (Å²) in [6, 6.07) is 8.70. The van der Waals surface area contributed by atoms with Crippen LogP contribution in [0.3, 0.4) is 0 Å². The average molecular weight is 613 g/mol. The van der Waals surface area contributed by atoms with Gasteiger partial charge in [0.2, 0.25) is 0 Å². The van der Waals surface area contributed by atoms with E-state index in [4.69, 9.17) is 28.4 Å². The number of aromatic hydroxyl groups is 2. The van der Waals surface area contributed by atoms with Gasteiger partial charge in [0.05, 0.1) is 25.4 Å². The summed E-state index contributed by atoms with van der Waals surface area (Å²) in [7, 11) is 1.37. The molecular formula is C28H36O15. The van der Waals surface area contributed by atoms with Gasteiger partial charge in [-0.15, -0.1) is 0 Å². The second-order valence-corrected chi connectivity index (χ2v) is 10.7. The fourth-order valence-electron chi connectivity index (χ4n) is 5.42. The van der Waals surface area contributed by atoms with Gasteiger partial charge in [-0.3, -0.25) is 0 Å². The zero-order valence-corrected chi connectivity index (χ0v) is 23.2. The summed E-state index contributed by atoms with van der Waals surface area (Å²) >= 11 is 0. The number of phenols is 2. The quantitative estimate of drug-likeness (QED) is 0.170. The van der Waals surface area contributed by atoms with Gasteiger partial charge in [-0.05, 0) is 36.8 Å². The van der Waals surface area contributed by atoms with Crippen molar-refractivity contribution in [2.75, 3.05) is 13.7 Å². The molecule has 5 rings (SSSR count). The van der Waals surface area contributed by atoms with Crippen molar-refractivity contribution in [3.05, 3.63) is 47.5 Å². The molecule has 0 amide bonds. The molecule has 0 saturated carbocycles. The predicted molar refractivity (Wildman–Crippen MR) is 141 cm³/mol. The summed E-state index contributed by atoms with van der Waals surface area (Å²) in [5.41, 5.74) is 0.311. The summed E-state index contributed by atoms with van der Waals surface area (Å²) in [6.07, 6.45) is -19.4. The highest BCUT2D eigenvalue weighted by atomic mass is 16.7. The first-order valence-electron chi connectivity index (χ1n) is 13.6. The average Bonchev–Trinajstić information content (AvgIpc) is 2.98. The molecule has 3 heterocycles. The van der Waals surface area contributed by atoms with Crippen LogP contribution in [0, 0.1) is 0 Å². The number of hydrogen-bond donors (Lipinski definition) is 9. The fourth-order valence-corrected chi connectivity index (χ4v) is 5.42. The minimum Gasteiger partial charge on any atom is -0.507 e. The van der Waals surface area contributed by atoms with E-state index in [-0.39, 0.29) is 28.6 Å². The maximum Gasteiger partial charge on any atom is 0.187 e. The lowest BCUT2D eigenvalue weighted by Crippen LogP contribution is -2.61. The van der Waals surface area contributed by atoms with Gasteiger partial charge in [0.1, 0.15) is 66.4 Å². The minimum absolute atomic E-state index is 0.00875. The Morgan fingerprint density at radius 1 is 0.767 bits per heavy atom. The lowest BCUT2D eigenvalue weighted by molar-refractivity contribution is -0.341. The summed E-state index contributed by atoms with van der Waals surface area (Å²) in [6.45, 7) is 0.934. The van der Waals surface area contributed by atoms with E-state index in [1.54, 1.807) is 6.07 Å². The summed E-state index contributed by atoms with van der Waals surface area (Å²) in [5, 5.41) is 94.4. The zero-order chi connectivity index (χ0) is 31.2. The van der Waals surface area contributed by atoms with Crippen LogP contribution in [0.1, 0.15) is 30.3 Å². The molecule has 0 spiro atoms. The Morgan fingerprint density at radius 2 is 1.47 bits per heavy atom. The van der Waals surface area contributed by atoms with Crippen molar-refractivity contribution in [3.8, 4) is 23.0 Å².